The Bertz CT molecular complexity index is 1100. The van der Waals surface area contributed by atoms with E-state index in [0.29, 0.717) is 20.7 Å². The van der Waals surface area contributed by atoms with Gasteiger partial charge in [-0.15, -0.1) is 0 Å². The molecule has 0 aromatic heterocycles. The highest BCUT2D eigenvalue weighted by atomic mass is 79.9. The van der Waals surface area contributed by atoms with Crippen LogP contribution in [-0.4, -0.2) is 37.0 Å². The van der Waals surface area contributed by atoms with Gasteiger partial charge in [0, 0.05) is 0 Å². The van der Waals surface area contributed by atoms with Crippen LogP contribution < -0.4 is 15.0 Å². The number of esters is 1. The molecule has 2 aromatic carbocycles. The van der Waals surface area contributed by atoms with E-state index in [0.717, 1.165) is 6.07 Å². The van der Waals surface area contributed by atoms with Crippen LogP contribution in [0.5, 0.6) is 5.75 Å². The van der Waals surface area contributed by atoms with E-state index < -0.39 is 29.6 Å². The van der Waals surface area contributed by atoms with Crippen molar-refractivity contribution in [1.29, 1.82) is 0 Å². The number of barbiturate groups is 1. The number of hydrogen-bond acceptors (Lipinski definition) is 6. The number of halogens is 2. The Kier molecular flexibility index (Phi) is 6.81. The van der Waals surface area contributed by atoms with Crippen molar-refractivity contribution in [3.63, 3.8) is 0 Å². The summed E-state index contributed by atoms with van der Waals surface area (Å²) in [6.07, 6.45) is 1.29. The Morgan fingerprint density at radius 2 is 1.97 bits per heavy atom. The number of hydrogen-bond donors (Lipinski definition) is 1. The van der Waals surface area contributed by atoms with Crippen LogP contribution >= 0.6 is 15.9 Å². The van der Waals surface area contributed by atoms with Gasteiger partial charge in [0.05, 0.1) is 16.8 Å². The molecule has 0 saturated carbocycles. The molecular weight excluding hydrogens is 475 g/mol. The Labute approximate surface area is 184 Å². The number of ether oxygens (including phenoxy) is 2. The third kappa shape index (κ3) is 5.15. The van der Waals surface area contributed by atoms with Crippen LogP contribution in [0.25, 0.3) is 6.08 Å². The lowest BCUT2D eigenvalue weighted by Gasteiger charge is -2.26. The third-order valence-electron chi connectivity index (χ3n) is 4.09. The van der Waals surface area contributed by atoms with Gasteiger partial charge in [0.1, 0.15) is 17.1 Å². The number of benzene rings is 2. The molecule has 3 rings (SSSR count). The van der Waals surface area contributed by atoms with Gasteiger partial charge in [-0.2, -0.15) is 0 Å². The van der Waals surface area contributed by atoms with Gasteiger partial charge in [-0.3, -0.25) is 14.9 Å². The lowest BCUT2D eigenvalue weighted by Crippen LogP contribution is -2.54. The van der Waals surface area contributed by atoms with Gasteiger partial charge < -0.3 is 9.47 Å². The lowest BCUT2D eigenvalue weighted by atomic mass is 10.1. The lowest BCUT2D eigenvalue weighted by molar-refractivity contribution is -0.145. The monoisotopic (exact) mass is 490 g/mol. The summed E-state index contributed by atoms with van der Waals surface area (Å²) in [6.45, 7) is 1.64. The summed E-state index contributed by atoms with van der Waals surface area (Å²) >= 11 is 3.30. The van der Waals surface area contributed by atoms with E-state index in [2.05, 4.69) is 21.2 Å². The topological polar surface area (TPSA) is 102 Å². The molecule has 1 saturated heterocycles. The van der Waals surface area contributed by atoms with Gasteiger partial charge in [-0.1, -0.05) is 12.1 Å². The summed E-state index contributed by atoms with van der Waals surface area (Å²) in [5, 5.41) is 2.07. The zero-order valence-electron chi connectivity index (χ0n) is 16.2. The maximum atomic E-state index is 13.5. The Morgan fingerprint density at radius 1 is 1.19 bits per heavy atom. The largest absolute Gasteiger partial charge is 0.481 e. The molecule has 10 heteroatoms. The molecular formula is C21H16BrFN2O6. The van der Waals surface area contributed by atoms with Crippen LogP contribution in [0.3, 0.4) is 0 Å². The van der Waals surface area contributed by atoms with Gasteiger partial charge in [0.15, 0.2) is 6.61 Å². The molecule has 0 radical (unpaired) electrons. The molecule has 0 unspecified atom stereocenters. The second-order valence-corrected chi connectivity index (χ2v) is 7.08. The summed E-state index contributed by atoms with van der Waals surface area (Å²) in [5.41, 5.74) is 0.128. The fourth-order valence-corrected chi connectivity index (χ4v) is 3.25. The van der Waals surface area contributed by atoms with Crippen molar-refractivity contribution in [2.45, 2.75) is 6.92 Å². The fraction of sp³-hybridized carbons (Fsp3) is 0.143. The number of anilines is 1. The number of nitrogens with one attached hydrogen (secondary N) is 1. The number of urea groups is 1. The van der Waals surface area contributed by atoms with E-state index in [-0.39, 0.29) is 24.5 Å². The van der Waals surface area contributed by atoms with Crippen LogP contribution in [-0.2, 0) is 19.1 Å². The first-order valence-electron chi connectivity index (χ1n) is 9.05. The van der Waals surface area contributed by atoms with Gasteiger partial charge >= 0.3 is 12.0 Å². The first kappa shape index (κ1) is 22.2. The van der Waals surface area contributed by atoms with Crippen molar-refractivity contribution in [3.05, 3.63) is 63.9 Å². The Hall–Kier alpha value is -3.53. The highest BCUT2D eigenvalue weighted by molar-refractivity contribution is 9.10. The average Bonchev–Trinajstić information content (AvgIpc) is 2.70. The average molecular weight is 491 g/mol. The van der Waals surface area contributed by atoms with E-state index in [4.69, 9.17) is 9.47 Å². The minimum Gasteiger partial charge on any atom is -0.481 e. The van der Waals surface area contributed by atoms with Gasteiger partial charge in [0.2, 0.25) is 0 Å². The van der Waals surface area contributed by atoms with E-state index >= 15 is 0 Å². The van der Waals surface area contributed by atoms with Crippen molar-refractivity contribution in [2.75, 3.05) is 18.1 Å². The zero-order valence-corrected chi connectivity index (χ0v) is 17.8. The van der Waals surface area contributed by atoms with Crippen molar-refractivity contribution >= 4 is 51.5 Å². The first-order valence-corrected chi connectivity index (χ1v) is 9.84. The molecule has 1 heterocycles. The molecule has 0 bridgehead atoms. The molecule has 8 nitrogen and oxygen atoms in total. The maximum absolute atomic E-state index is 13.5. The van der Waals surface area contributed by atoms with E-state index in [1.807, 2.05) is 0 Å². The van der Waals surface area contributed by atoms with Crippen molar-refractivity contribution in [1.82, 2.24) is 5.32 Å². The van der Waals surface area contributed by atoms with Crippen molar-refractivity contribution < 1.29 is 33.0 Å². The Morgan fingerprint density at radius 3 is 2.65 bits per heavy atom. The molecule has 0 spiro atoms. The van der Waals surface area contributed by atoms with E-state index in [1.165, 1.54) is 30.3 Å². The van der Waals surface area contributed by atoms with Crippen LogP contribution in [0.4, 0.5) is 14.9 Å². The number of imide groups is 2. The van der Waals surface area contributed by atoms with Crippen LogP contribution in [0.2, 0.25) is 0 Å². The van der Waals surface area contributed by atoms with E-state index in [9.17, 15) is 23.6 Å². The Balaban J connectivity index is 1.85. The normalized spacial score (nSPS) is 15.1. The fourth-order valence-electron chi connectivity index (χ4n) is 2.74. The van der Waals surface area contributed by atoms with Crippen LogP contribution in [0.15, 0.2) is 52.5 Å². The quantitative estimate of drug-likeness (QED) is 0.379. The second kappa shape index (κ2) is 9.52. The maximum Gasteiger partial charge on any atom is 0.344 e. The van der Waals surface area contributed by atoms with Crippen LogP contribution in [0, 0.1) is 5.82 Å². The second-order valence-electron chi connectivity index (χ2n) is 6.22. The summed E-state index contributed by atoms with van der Waals surface area (Å²) in [6, 6.07) is 8.59. The van der Waals surface area contributed by atoms with E-state index in [1.54, 1.807) is 19.1 Å². The summed E-state index contributed by atoms with van der Waals surface area (Å²) < 4.78 is 24.2. The van der Waals surface area contributed by atoms with Crippen LogP contribution in [0.1, 0.15) is 12.5 Å². The number of rotatable bonds is 6. The molecule has 0 atom stereocenters. The highest BCUT2D eigenvalue weighted by Crippen LogP contribution is 2.28. The minimum atomic E-state index is -0.971. The number of carbonyl (C=O) groups is 4. The van der Waals surface area contributed by atoms with Crippen molar-refractivity contribution in [3.8, 4) is 5.75 Å². The summed E-state index contributed by atoms with van der Waals surface area (Å²) in [5.74, 6) is -2.57. The zero-order chi connectivity index (χ0) is 22.5. The van der Waals surface area contributed by atoms with Crippen molar-refractivity contribution in [2.24, 2.45) is 0 Å². The molecule has 4 amide bonds. The molecule has 1 N–H and O–H groups in total. The smallest absolute Gasteiger partial charge is 0.344 e. The molecule has 1 aliphatic heterocycles. The third-order valence-corrected chi connectivity index (χ3v) is 4.71. The van der Waals surface area contributed by atoms with Gasteiger partial charge in [-0.05, 0) is 64.8 Å². The number of carbonyl (C=O) groups excluding carboxylic acids is 4. The van der Waals surface area contributed by atoms with Gasteiger partial charge in [-0.25, -0.2) is 18.9 Å². The van der Waals surface area contributed by atoms with Gasteiger partial charge in [0.25, 0.3) is 11.8 Å². The molecule has 1 aliphatic rings. The standard InChI is InChI=1S/C21H16BrFN2O6/c1-2-30-18(26)11-31-17-7-6-12(9-16(17)22)8-15-19(27)24-21(29)25(20(15)28)14-5-3-4-13(23)10-14/h3-10H,2,11H2,1H3,(H,24,27,29)/b15-8+. The molecule has 2 aromatic rings. The molecule has 0 aliphatic carbocycles. The SMILES string of the molecule is CCOC(=O)COc1ccc(/C=C2\C(=O)NC(=O)N(c3cccc(F)c3)C2=O)cc1Br. The number of nitrogens with zero attached hydrogens (tertiary/aromatic N) is 1. The summed E-state index contributed by atoms with van der Waals surface area (Å²) in [7, 11) is 0. The highest BCUT2D eigenvalue weighted by Gasteiger charge is 2.36. The summed E-state index contributed by atoms with van der Waals surface area (Å²) in [4.78, 5) is 49.3. The molecule has 160 valence electrons. The predicted molar refractivity (Wildman–Crippen MR) is 112 cm³/mol. The molecule has 31 heavy (non-hydrogen) atoms. The molecule has 1 fully saturated rings. The minimum absolute atomic E-state index is 0.00945. The predicted octanol–water partition coefficient (Wildman–Crippen LogP) is 3.20. The first-order chi connectivity index (χ1) is 14.8. The number of amides is 4.